The molecule has 0 amide bonds. The Morgan fingerprint density at radius 3 is 2.71 bits per heavy atom. The van der Waals surface area contributed by atoms with Crippen LogP contribution in [-0.2, 0) is 0 Å². The molecule has 122 valence electrons. The van der Waals surface area contributed by atoms with E-state index < -0.39 is 0 Å². The average molecular weight is 293 g/mol. The summed E-state index contributed by atoms with van der Waals surface area (Å²) in [6.07, 6.45) is 8.36. The maximum absolute atomic E-state index is 3.82. The molecule has 21 heavy (non-hydrogen) atoms. The molecule has 0 aliphatic carbocycles. The van der Waals surface area contributed by atoms with Gasteiger partial charge in [0.15, 0.2) is 0 Å². The average Bonchev–Trinajstić information content (AvgIpc) is 2.90. The molecule has 0 aromatic carbocycles. The molecule has 3 fully saturated rings. The first-order chi connectivity index (χ1) is 10.2. The molecule has 3 nitrogen and oxygen atoms in total. The van der Waals surface area contributed by atoms with Gasteiger partial charge in [-0.15, -0.1) is 0 Å². The van der Waals surface area contributed by atoms with Crippen LogP contribution in [0.1, 0.15) is 59.3 Å². The SMILES string of the molecule is CCC1CNC(CC(C)C)CN1C1CCN2CCCCC12. The van der Waals surface area contributed by atoms with Gasteiger partial charge in [-0.25, -0.2) is 0 Å². The summed E-state index contributed by atoms with van der Waals surface area (Å²) in [7, 11) is 0. The zero-order chi connectivity index (χ0) is 14.8. The summed E-state index contributed by atoms with van der Waals surface area (Å²) in [6.45, 7) is 12.3. The third kappa shape index (κ3) is 3.46. The first kappa shape index (κ1) is 15.8. The minimum atomic E-state index is 0.713. The third-order valence-corrected chi connectivity index (χ3v) is 6.02. The monoisotopic (exact) mass is 293 g/mol. The Kier molecular flexibility index (Phi) is 5.23. The smallest absolute Gasteiger partial charge is 0.0267 e. The van der Waals surface area contributed by atoms with Gasteiger partial charge in [-0.1, -0.05) is 27.2 Å². The van der Waals surface area contributed by atoms with Crippen LogP contribution in [0.25, 0.3) is 0 Å². The largest absolute Gasteiger partial charge is 0.311 e. The summed E-state index contributed by atoms with van der Waals surface area (Å²) in [6, 6.07) is 3.18. The van der Waals surface area contributed by atoms with Gasteiger partial charge in [0.2, 0.25) is 0 Å². The van der Waals surface area contributed by atoms with Crippen molar-refractivity contribution in [1.82, 2.24) is 15.1 Å². The lowest BCUT2D eigenvalue weighted by Gasteiger charge is -2.47. The number of piperidine rings is 1. The molecular formula is C18H35N3. The van der Waals surface area contributed by atoms with Crippen LogP contribution in [0.2, 0.25) is 0 Å². The Morgan fingerprint density at radius 1 is 1.10 bits per heavy atom. The Balaban J connectivity index is 1.67. The van der Waals surface area contributed by atoms with Crippen LogP contribution in [-0.4, -0.2) is 60.1 Å². The Bertz CT molecular complexity index is 330. The molecule has 0 bridgehead atoms. The predicted octanol–water partition coefficient (Wildman–Crippen LogP) is 2.71. The zero-order valence-corrected chi connectivity index (χ0v) is 14.4. The topological polar surface area (TPSA) is 18.5 Å². The molecule has 3 aliphatic heterocycles. The Labute approximate surface area is 131 Å². The lowest BCUT2D eigenvalue weighted by Crippen LogP contribution is -2.61. The van der Waals surface area contributed by atoms with Crippen molar-refractivity contribution in [3.63, 3.8) is 0 Å². The molecule has 3 rings (SSSR count). The number of fused-ring (bicyclic) bond motifs is 1. The molecule has 0 saturated carbocycles. The second kappa shape index (κ2) is 6.97. The summed E-state index contributed by atoms with van der Waals surface area (Å²) in [4.78, 5) is 5.71. The highest BCUT2D eigenvalue weighted by Crippen LogP contribution is 2.33. The van der Waals surface area contributed by atoms with Crippen LogP contribution in [0.3, 0.4) is 0 Å². The highest BCUT2D eigenvalue weighted by Gasteiger charge is 2.42. The van der Waals surface area contributed by atoms with Gasteiger partial charge in [-0.05, 0) is 44.6 Å². The van der Waals surface area contributed by atoms with Gasteiger partial charge < -0.3 is 5.32 Å². The van der Waals surface area contributed by atoms with Crippen LogP contribution in [0, 0.1) is 5.92 Å². The fourth-order valence-corrected chi connectivity index (χ4v) is 5.01. The Morgan fingerprint density at radius 2 is 1.95 bits per heavy atom. The number of nitrogens with one attached hydrogen (secondary N) is 1. The van der Waals surface area contributed by atoms with Gasteiger partial charge in [0, 0.05) is 43.8 Å². The van der Waals surface area contributed by atoms with Crippen molar-refractivity contribution >= 4 is 0 Å². The summed E-state index contributed by atoms with van der Waals surface area (Å²) < 4.78 is 0. The van der Waals surface area contributed by atoms with Gasteiger partial charge >= 0.3 is 0 Å². The summed E-state index contributed by atoms with van der Waals surface area (Å²) in [5.41, 5.74) is 0. The van der Waals surface area contributed by atoms with Crippen LogP contribution in [0.4, 0.5) is 0 Å². The van der Waals surface area contributed by atoms with E-state index in [0.29, 0.717) is 6.04 Å². The first-order valence-corrected chi connectivity index (χ1v) is 9.42. The predicted molar refractivity (Wildman–Crippen MR) is 89.6 cm³/mol. The van der Waals surface area contributed by atoms with E-state index in [1.807, 2.05) is 0 Å². The van der Waals surface area contributed by atoms with E-state index in [0.717, 1.165) is 24.0 Å². The normalized spacial score (nSPS) is 38.9. The van der Waals surface area contributed by atoms with Crippen molar-refractivity contribution in [2.75, 3.05) is 26.2 Å². The van der Waals surface area contributed by atoms with Crippen molar-refractivity contribution in [3.8, 4) is 0 Å². The molecule has 0 aromatic heterocycles. The van der Waals surface area contributed by atoms with Crippen molar-refractivity contribution in [2.45, 2.75) is 83.5 Å². The molecule has 0 aromatic rings. The number of piperazine rings is 1. The lowest BCUT2D eigenvalue weighted by atomic mass is 9.92. The maximum atomic E-state index is 3.82. The highest BCUT2D eigenvalue weighted by molar-refractivity contribution is 5.00. The maximum Gasteiger partial charge on any atom is 0.0267 e. The molecule has 3 saturated heterocycles. The molecule has 4 unspecified atom stereocenters. The van der Waals surface area contributed by atoms with Gasteiger partial charge in [0.1, 0.15) is 0 Å². The Hall–Kier alpha value is -0.120. The zero-order valence-electron chi connectivity index (χ0n) is 14.4. The van der Waals surface area contributed by atoms with Gasteiger partial charge in [-0.2, -0.15) is 0 Å². The minimum Gasteiger partial charge on any atom is -0.311 e. The van der Waals surface area contributed by atoms with Crippen LogP contribution >= 0.6 is 0 Å². The van der Waals surface area contributed by atoms with E-state index in [4.69, 9.17) is 0 Å². The van der Waals surface area contributed by atoms with E-state index in [9.17, 15) is 0 Å². The number of hydrogen-bond donors (Lipinski definition) is 1. The minimum absolute atomic E-state index is 0.713. The third-order valence-electron chi connectivity index (χ3n) is 6.02. The second-order valence-electron chi connectivity index (χ2n) is 7.95. The number of rotatable bonds is 4. The molecule has 0 radical (unpaired) electrons. The summed E-state index contributed by atoms with van der Waals surface area (Å²) in [5, 5.41) is 3.82. The molecule has 1 N–H and O–H groups in total. The molecule has 0 spiro atoms. The van der Waals surface area contributed by atoms with Gasteiger partial charge in [-0.3, -0.25) is 9.80 Å². The molecule has 3 aliphatic rings. The summed E-state index contributed by atoms with van der Waals surface area (Å²) in [5.74, 6) is 0.803. The molecule has 4 atom stereocenters. The van der Waals surface area contributed by atoms with Crippen LogP contribution in [0.5, 0.6) is 0 Å². The van der Waals surface area contributed by atoms with Gasteiger partial charge in [0.05, 0.1) is 0 Å². The standard InChI is InChI=1S/C18H35N3/c1-4-16-12-19-15(11-14(2)3)13-21(16)18-8-10-20-9-6-5-7-17(18)20/h14-19H,4-13H2,1-3H3. The van der Waals surface area contributed by atoms with Crippen LogP contribution in [0.15, 0.2) is 0 Å². The first-order valence-electron chi connectivity index (χ1n) is 9.42. The summed E-state index contributed by atoms with van der Waals surface area (Å²) >= 11 is 0. The van der Waals surface area contributed by atoms with E-state index in [2.05, 4.69) is 35.9 Å². The quantitative estimate of drug-likeness (QED) is 0.860. The molecule has 3 heteroatoms. The van der Waals surface area contributed by atoms with E-state index in [1.54, 1.807) is 0 Å². The van der Waals surface area contributed by atoms with Crippen LogP contribution < -0.4 is 5.32 Å². The molecular weight excluding hydrogens is 258 g/mol. The fraction of sp³-hybridized carbons (Fsp3) is 1.00. The van der Waals surface area contributed by atoms with Crippen molar-refractivity contribution in [1.29, 1.82) is 0 Å². The molecule has 3 heterocycles. The van der Waals surface area contributed by atoms with E-state index in [1.165, 1.54) is 64.7 Å². The number of nitrogens with zero attached hydrogens (tertiary/aromatic N) is 2. The highest BCUT2D eigenvalue weighted by atomic mass is 15.3. The van der Waals surface area contributed by atoms with Crippen molar-refractivity contribution in [2.24, 2.45) is 5.92 Å². The fourth-order valence-electron chi connectivity index (χ4n) is 5.01. The van der Waals surface area contributed by atoms with Gasteiger partial charge in [0.25, 0.3) is 0 Å². The van der Waals surface area contributed by atoms with E-state index >= 15 is 0 Å². The number of hydrogen-bond acceptors (Lipinski definition) is 3. The van der Waals surface area contributed by atoms with E-state index in [-0.39, 0.29) is 0 Å². The lowest BCUT2D eigenvalue weighted by molar-refractivity contribution is 0.0437. The van der Waals surface area contributed by atoms with Crippen molar-refractivity contribution < 1.29 is 0 Å². The van der Waals surface area contributed by atoms with Crippen molar-refractivity contribution in [3.05, 3.63) is 0 Å². The second-order valence-corrected chi connectivity index (χ2v) is 7.95.